The lowest BCUT2D eigenvalue weighted by atomic mass is 9.73. The standard InChI is InChI=1S/C23H36I2O6/c1-13-7-6-8-23(12-25)18(31-23)9-16(14(2)11-24)30-19(27)10-17(26)22(4,5)21(29)15(3)20(13)28/h11,13,15-18,20,26,28H,6-10,12H2,1-5H3/b14-11+/t13?,15?,16-,17?,18-,20-,23-/m0/s1. The molecule has 0 spiro atoms. The zero-order valence-electron chi connectivity index (χ0n) is 19.1. The Morgan fingerprint density at radius 1 is 1.26 bits per heavy atom. The highest BCUT2D eigenvalue weighted by atomic mass is 127. The summed E-state index contributed by atoms with van der Waals surface area (Å²) in [7, 11) is 0. The number of halogens is 2. The van der Waals surface area contributed by atoms with E-state index in [1.807, 2.05) is 17.9 Å². The van der Waals surface area contributed by atoms with Crippen molar-refractivity contribution in [1.82, 2.24) is 0 Å². The Bertz CT molecular complexity index is 694. The predicted molar refractivity (Wildman–Crippen MR) is 136 cm³/mol. The van der Waals surface area contributed by atoms with Crippen LogP contribution in [0.25, 0.3) is 0 Å². The van der Waals surface area contributed by atoms with Crippen molar-refractivity contribution in [2.45, 2.75) is 96.7 Å². The second kappa shape index (κ2) is 11.1. The molecule has 0 aromatic carbocycles. The van der Waals surface area contributed by atoms with Gasteiger partial charge in [0.15, 0.2) is 0 Å². The van der Waals surface area contributed by atoms with E-state index in [0.717, 1.165) is 29.3 Å². The van der Waals surface area contributed by atoms with Crippen LogP contribution in [0.5, 0.6) is 0 Å². The molecule has 0 aromatic rings. The van der Waals surface area contributed by atoms with E-state index in [1.54, 1.807) is 20.8 Å². The summed E-state index contributed by atoms with van der Waals surface area (Å²) in [6, 6.07) is 0. The van der Waals surface area contributed by atoms with E-state index in [0.29, 0.717) is 6.42 Å². The molecule has 2 heterocycles. The second-order valence-corrected chi connectivity index (χ2v) is 11.2. The fourth-order valence-electron chi connectivity index (χ4n) is 4.42. The number of aliphatic hydroxyl groups is 2. The molecule has 0 amide bonds. The van der Waals surface area contributed by atoms with E-state index < -0.39 is 35.6 Å². The number of hydrogen-bond acceptors (Lipinski definition) is 6. The number of epoxide rings is 1. The number of ketones is 1. The number of alkyl halides is 1. The molecule has 0 saturated carbocycles. The van der Waals surface area contributed by atoms with Gasteiger partial charge in [0.25, 0.3) is 0 Å². The van der Waals surface area contributed by atoms with Crippen molar-refractivity contribution in [3.8, 4) is 0 Å². The first-order valence-electron chi connectivity index (χ1n) is 11.0. The van der Waals surface area contributed by atoms with Crippen LogP contribution in [0.4, 0.5) is 0 Å². The third-order valence-electron chi connectivity index (χ3n) is 7.11. The topological polar surface area (TPSA) is 96.4 Å². The van der Waals surface area contributed by atoms with Crippen LogP contribution in [-0.2, 0) is 19.1 Å². The molecule has 0 aromatic heterocycles. The molecule has 7 atom stereocenters. The van der Waals surface area contributed by atoms with Gasteiger partial charge in [-0.3, -0.25) is 9.59 Å². The fourth-order valence-corrected chi connectivity index (χ4v) is 5.87. The van der Waals surface area contributed by atoms with Gasteiger partial charge >= 0.3 is 5.97 Å². The Morgan fingerprint density at radius 2 is 1.90 bits per heavy atom. The SMILES string of the molecule is C/C(=C\I)[C@@H]1C[C@@H]2O[C@]2(CI)CCCC(C)[C@H](O)C(C)C(=O)C(C)(C)C(O)CC(=O)O1. The van der Waals surface area contributed by atoms with Crippen molar-refractivity contribution < 1.29 is 29.3 Å². The molecule has 178 valence electrons. The van der Waals surface area contributed by atoms with Gasteiger partial charge in [0, 0.05) is 16.8 Å². The van der Waals surface area contributed by atoms with Crippen molar-refractivity contribution >= 4 is 56.9 Å². The number of aliphatic hydroxyl groups excluding tert-OH is 2. The number of esters is 1. The van der Waals surface area contributed by atoms with E-state index in [4.69, 9.17) is 9.47 Å². The molecule has 0 radical (unpaired) electrons. The summed E-state index contributed by atoms with van der Waals surface area (Å²) >= 11 is 4.48. The zero-order chi connectivity index (χ0) is 23.6. The number of Topliss-reactive ketones (excluding diaryl/α,β-unsaturated/α-hetero) is 1. The summed E-state index contributed by atoms with van der Waals surface area (Å²) in [6.07, 6.45) is 0.460. The number of carbonyl (C=O) groups excluding carboxylic acids is 2. The van der Waals surface area contributed by atoms with Gasteiger partial charge in [-0.05, 0) is 35.3 Å². The molecule has 0 bridgehead atoms. The molecule has 2 rings (SSSR count). The average Bonchev–Trinajstić information content (AvgIpc) is 3.42. The van der Waals surface area contributed by atoms with E-state index in [-0.39, 0.29) is 29.8 Å². The minimum absolute atomic E-state index is 0.0171. The van der Waals surface area contributed by atoms with E-state index >= 15 is 0 Å². The quantitative estimate of drug-likeness (QED) is 0.198. The van der Waals surface area contributed by atoms with Crippen molar-refractivity contribution in [3.63, 3.8) is 0 Å². The highest BCUT2D eigenvalue weighted by Gasteiger charge is 2.56. The lowest BCUT2D eigenvalue weighted by molar-refractivity contribution is -0.154. The smallest absolute Gasteiger partial charge is 0.309 e. The molecule has 3 unspecified atom stereocenters. The maximum Gasteiger partial charge on any atom is 0.309 e. The monoisotopic (exact) mass is 662 g/mol. The number of cyclic esters (lactones) is 1. The van der Waals surface area contributed by atoms with Gasteiger partial charge < -0.3 is 19.7 Å². The van der Waals surface area contributed by atoms with E-state index in [1.165, 1.54) is 0 Å². The van der Waals surface area contributed by atoms with Crippen molar-refractivity contribution in [3.05, 3.63) is 9.66 Å². The fraction of sp³-hybridized carbons (Fsp3) is 0.826. The first kappa shape index (κ1) is 27.5. The van der Waals surface area contributed by atoms with Crippen molar-refractivity contribution in [2.75, 3.05) is 4.43 Å². The summed E-state index contributed by atoms with van der Waals surface area (Å²) in [5.41, 5.74) is -0.458. The molecule has 0 aliphatic carbocycles. The molecule has 2 saturated heterocycles. The third kappa shape index (κ3) is 6.42. The second-order valence-electron chi connectivity index (χ2n) is 9.83. The minimum Gasteiger partial charge on any atom is -0.458 e. The van der Waals surface area contributed by atoms with Crippen molar-refractivity contribution in [2.24, 2.45) is 17.3 Å². The van der Waals surface area contributed by atoms with Gasteiger partial charge in [0.2, 0.25) is 0 Å². The predicted octanol–water partition coefficient (Wildman–Crippen LogP) is 4.36. The Hall–Kier alpha value is 0.220. The van der Waals surface area contributed by atoms with Gasteiger partial charge in [0.1, 0.15) is 17.5 Å². The van der Waals surface area contributed by atoms with Crippen molar-refractivity contribution in [1.29, 1.82) is 0 Å². The van der Waals surface area contributed by atoms with Crippen LogP contribution in [0, 0.1) is 17.3 Å². The van der Waals surface area contributed by atoms with Crippen LogP contribution in [0.1, 0.15) is 66.7 Å². The van der Waals surface area contributed by atoms with E-state index in [9.17, 15) is 19.8 Å². The van der Waals surface area contributed by atoms with Crippen LogP contribution in [0.2, 0.25) is 0 Å². The maximum absolute atomic E-state index is 13.1. The first-order chi connectivity index (χ1) is 14.4. The highest BCUT2D eigenvalue weighted by molar-refractivity contribution is 14.1. The zero-order valence-corrected chi connectivity index (χ0v) is 23.4. The summed E-state index contributed by atoms with van der Waals surface area (Å²) in [6.45, 7) is 8.85. The number of rotatable bonds is 2. The average molecular weight is 662 g/mol. The Labute approximate surface area is 213 Å². The molecule has 2 aliphatic heterocycles. The van der Waals surface area contributed by atoms with Gasteiger partial charge in [-0.2, -0.15) is 0 Å². The Balaban J connectivity index is 2.29. The summed E-state index contributed by atoms with van der Waals surface area (Å²) in [4.78, 5) is 25.8. The summed E-state index contributed by atoms with van der Waals surface area (Å²) in [5, 5.41) is 21.5. The van der Waals surface area contributed by atoms with Gasteiger partial charge in [-0.1, -0.05) is 79.3 Å². The minimum atomic E-state index is -1.19. The van der Waals surface area contributed by atoms with Gasteiger partial charge in [-0.25, -0.2) is 0 Å². The molecule has 31 heavy (non-hydrogen) atoms. The van der Waals surface area contributed by atoms with E-state index in [2.05, 4.69) is 45.2 Å². The van der Waals surface area contributed by atoms with Crippen LogP contribution >= 0.6 is 45.2 Å². The molecule has 2 fully saturated rings. The van der Waals surface area contributed by atoms with Crippen LogP contribution in [0.15, 0.2) is 9.66 Å². The molecular weight excluding hydrogens is 626 g/mol. The molecular formula is C23H36I2O6. The number of ether oxygens (including phenoxy) is 2. The lowest BCUT2D eigenvalue weighted by Gasteiger charge is -2.34. The Morgan fingerprint density at radius 3 is 2.48 bits per heavy atom. The van der Waals surface area contributed by atoms with Crippen LogP contribution in [-0.4, -0.2) is 56.4 Å². The lowest BCUT2D eigenvalue weighted by Crippen LogP contribution is -2.45. The third-order valence-corrected chi connectivity index (χ3v) is 9.38. The van der Waals surface area contributed by atoms with Gasteiger partial charge in [-0.15, -0.1) is 0 Å². The van der Waals surface area contributed by atoms with Gasteiger partial charge in [0.05, 0.1) is 30.1 Å². The number of fused-ring (bicyclic) bond motifs is 1. The first-order valence-corrected chi connectivity index (χ1v) is 13.8. The largest absolute Gasteiger partial charge is 0.458 e. The summed E-state index contributed by atoms with van der Waals surface area (Å²) < 4.78 is 14.6. The molecule has 2 N–H and O–H groups in total. The molecule has 6 nitrogen and oxygen atoms in total. The van der Waals surface area contributed by atoms with Crippen LogP contribution < -0.4 is 0 Å². The number of hydrogen-bond donors (Lipinski definition) is 2. The van der Waals surface area contributed by atoms with Crippen LogP contribution in [0.3, 0.4) is 0 Å². The highest BCUT2D eigenvalue weighted by Crippen LogP contribution is 2.46. The number of carbonyl (C=O) groups is 2. The Kier molecular flexibility index (Phi) is 9.83. The molecule has 8 heteroatoms. The maximum atomic E-state index is 13.1. The molecule has 2 aliphatic rings. The normalized spacial score (nSPS) is 40.7. The summed E-state index contributed by atoms with van der Waals surface area (Å²) in [5.74, 6) is -1.46.